The molecule has 1 aliphatic heterocycles. The van der Waals surface area contributed by atoms with Gasteiger partial charge in [0.1, 0.15) is 0 Å². The second-order valence-electron chi connectivity index (χ2n) is 5.25. The van der Waals surface area contributed by atoms with Gasteiger partial charge in [0.15, 0.2) is 5.82 Å². The molecular weight excluding hydrogens is 262 g/mol. The standard InChI is InChI=1S/C13H22ClN5/c1-9(8-19-6-4-3-5-7-19)16-12-11(15)10(2)17-13(14)18-12/h9H,3-8,15H2,1-2H3,(H,16,17,18). The smallest absolute Gasteiger partial charge is 0.224 e. The summed E-state index contributed by atoms with van der Waals surface area (Å²) >= 11 is 5.87. The Hall–Kier alpha value is -1.07. The van der Waals surface area contributed by atoms with E-state index in [0.717, 1.165) is 6.54 Å². The van der Waals surface area contributed by atoms with Crippen molar-refractivity contribution in [2.24, 2.45) is 0 Å². The molecule has 0 bridgehead atoms. The number of hydrogen-bond acceptors (Lipinski definition) is 5. The molecule has 1 saturated heterocycles. The van der Waals surface area contributed by atoms with Gasteiger partial charge in [-0.1, -0.05) is 6.42 Å². The summed E-state index contributed by atoms with van der Waals surface area (Å²) < 4.78 is 0. The van der Waals surface area contributed by atoms with Crippen LogP contribution in [0.1, 0.15) is 31.9 Å². The maximum Gasteiger partial charge on any atom is 0.224 e. The molecule has 0 aromatic carbocycles. The molecule has 2 rings (SSSR count). The minimum Gasteiger partial charge on any atom is -0.394 e. The number of anilines is 2. The predicted octanol–water partition coefficient (Wildman–Crippen LogP) is 2.31. The molecule has 5 nitrogen and oxygen atoms in total. The molecule has 106 valence electrons. The van der Waals surface area contributed by atoms with Crippen molar-refractivity contribution in [2.75, 3.05) is 30.7 Å². The van der Waals surface area contributed by atoms with E-state index in [1.165, 1.54) is 32.4 Å². The Labute approximate surface area is 119 Å². The Morgan fingerprint density at radius 3 is 2.68 bits per heavy atom. The van der Waals surface area contributed by atoms with E-state index in [-0.39, 0.29) is 11.3 Å². The van der Waals surface area contributed by atoms with E-state index in [0.29, 0.717) is 17.2 Å². The first-order chi connectivity index (χ1) is 9.06. The van der Waals surface area contributed by atoms with Crippen molar-refractivity contribution in [3.63, 3.8) is 0 Å². The highest BCUT2D eigenvalue weighted by Crippen LogP contribution is 2.21. The van der Waals surface area contributed by atoms with Gasteiger partial charge in [-0.25, -0.2) is 4.98 Å². The lowest BCUT2D eigenvalue weighted by Crippen LogP contribution is -2.38. The number of nitrogens with two attached hydrogens (primary N) is 1. The zero-order valence-electron chi connectivity index (χ0n) is 11.6. The number of aryl methyl sites for hydroxylation is 1. The van der Waals surface area contributed by atoms with E-state index < -0.39 is 0 Å². The molecule has 1 unspecified atom stereocenters. The first kappa shape index (κ1) is 14.3. The predicted molar refractivity (Wildman–Crippen MR) is 79.6 cm³/mol. The summed E-state index contributed by atoms with van der Waals surface area (Å²) in [6, 6.07) is 0.283. The van der Waals surface area contributed by atoms with Crippen LogP contribution in [-0.4, -0.2) is 40.5 Å². The quantitative estimate of drug-likeness (QED) is 0.830. The molecule has 0 amide bonds. The van der Waals surface area contributed by atoms with Crippen LogP contribution in [0.5, 0.6) is 0 Å². The highest BCUT2D eigenvalue weighted by atomic mass is 35.5. The lowest BCUT2D eigenvalue weighted by atomic mass is 10.1. The molecule has 0 radical (unpaired) electrons. The second kappa shape index (κ2) is 6.39. The number of halogens is 1. The SMILES string of the molecule is Cc1nc(Cl)nc(NC(C)CN2CCCCC2)c1N. The van der Waals surface area contributed by atoms with Gasteiger partial charge in [-0.05, 0) is 51.4 Å². The molecule has 1 aromatic rings. The third-order valence-corrected chi connectivity index (χ3v) is 3.64. The highest BCUT2D eigenvalue weighted by molar-refractivity contribution is 6.28. The Morgan fingerprint density at radius 1 is 1.32 bits per heavy atom. The maximum absolute atomic E-state index is 5.97. The van der Waals surface area contributed by atoms with Crippen LogP contribution in [0.3, 0.4) is 0 Å². The number of piperidine rings is 1. The molecule has 6 heteroatoms. The summed E-state index contributed by atoms with van der Waals surface area (Å²) in [6.45, 7) is 7.35. The highest BCUT2D eigenvalue weighted by Gasteiger charge is 2.15. The van der Waals surface area contributed by atoms with E-state index >= 15 is 0 Å². The number of aromatic nitrogens is 2. The number of hydrogen-bond donors (Lipinski definition) is 2. The van der Waals surface area contributed by atoms with Gasteiger partial charge < -0.3 is 16.0 Å². The first-order valence-corrected chi connectivity index (χ1v) is 7.22. The van der Waals surface area contributed by atoms with Crippen molar-refractivity contribution in [3.8, 4) is 0 Å². The third kappa shape index (κ3) is 3.94. The van der Waals surface area contributed by atoms with Crippen LogP contribution >= 0.6 is 11.6 Å². The molecule has 0 saturated carbocycles. The van der Waals surface area contributed by atoms with E-state index in [2.05, 4.69) is 27.1 Å². The molecule has 3 N–H and O–H groups in total. The number of nitrogen functional groups attached to an aromatic ring is 1. The Bertz CT molecular complexity index is 431. The van der Waals surface area contributed by atoms with Gasteiger partial charge >= 0.3 is 0 Å². The fourth-order valence-corrected chi connectivity index (χ4v) is 2.68. The van der Waals surface area contributed by atoms with E-state index in [4.69, 9.17) is 17.3 Å². The van der Waals surface area contributed by atoms with Gasteiger partial charge in [0.05, 0.1) is 11.4 Å². The molecule has 1 aromatic heterocycles. The molecule has 1 atom stereocenters. The Balaban J connectivity index is 1.96. The minimum atomic E-state index is 0.236. The summed E-state index contributed by atoms with van der Waals surface area (Å²) in [7, 11) is 0. The molecule has 1 fully saturated rings. The third-order valence-electron chi connectivity index (χ3n) is 3.47. The van der Waals surface area contributed by atoms with Crippen LogP contribution in [0.25, 0.3) is 0 Å². The lowest BCUT2D eigenvalue weighted by molar-refractivity contribution is 0.223. The summed E-state index contributed by atoms with van der Waals surface area (Å²) in [4.78, 5) is 10.7. The van der Waals surface area contributed by atoms with Gasteiger partial charge in [-0.3, -0.25) is 0 Å². The monoisotopic (exact) mass is 283 g/mol. The molecule has 0 aliphatic carbocycles. The average Bonchev–Trinajstić information content (AvgIpc) is 2.36. The van der Waals surface area contributed by atoms with Crippen LogP contribution < -0.4 is 11.1 Å². The molecule has 19 heavy (non-hydrogen) atoms. The largest absolute Gasteiger partial charge is 0.394 e. The van der Waals surface area contributed by atoms with Gasteiger partial charge in [-0.15, -0.1) is 0 Å². The minimum absolute atomic E-state index is 0.236. The second-order valence-corrected chi connectivity index (χ2v) is 5.59. The van der Waals surface area contributed by atoms with Gasteiger partial charge in [-0.2, -0.15) is 4.98 Å². The zero-order valence-corrected chi connectivity index (χ0v) is 12.4. The first-order valence-electron chi connectivity index (χ1n) is 6.85. The number of likely N-dealkylation sites (tertiary alicyclic amines) is 1. The fourth-order valence-electron chi connectivity index (χ4n) is 2.47. The summed E-state index contributed by atoms with van der Waals surface area (Å²) in [6.07, 6.45) is 3.95. The summed E-state index contributed by atoms with van der Waals surface area (Å²) in [5, 5.41) is 3.57. The summed E-state index contributed by atoms with van der Waals surface area (Å²) in [5.74, 6) is 0.641. The van der Waals surface area contributed by atoms with E-state index in [1.807, 2.05) is 6.92 Å². The van der Waals surface area contributed by atoms with Crippen LogP contribution in [0, 0.1) is 6.92 Å². The Morgan fingerprint density at radius 2 is 2.00 bits per heavy atom. The molecule has 1 aliphatic rings. The molecular formula is C13H22ClN5. The maximum atomic E-state index is 5.97. The average molecular weight is 284 g/mol. The van der Waals surface area contributed by atoms with Crippen molar-refractivity contribution in [1.29, 1.82) is 0 Å². The van der Waals surface area contributed by atoms with Gasteiger partial charge in [0.2, 0.25) is 5.28 Å². The molecule has 0 spiro atoms. The summed E-state index contributed by atoms with van der Waals surface area (Å²) in [5.41, 5.74) is 7.27. The lowest BCUT2D eigenvalue weighted by Gasteiger charge is -2.29. The van der Waals surface area contributed by atoms with Crippen molar-refractivity contribution in [3.05, 3.63) is 11.0 Å². The van der Waals surface area contributed by atoms with Crippen molar-refractivity contribution in [2.45, 2.75) is 39.2 Å². The van der Waals surface area contributed by atoms with Crippen LogP contribution in [0.15, 0.2) is 0 Å². The van der Waals surface area contributed by atoms with Crippen LogP contribution in [0.2, 0.25) is 5.28 Å². The normalized spacial score (nSPS) is 18.3. The Kier molecular flexibility index (Phi) is 4.82. The zero-order chi connectivity index (χ0) is 13.8. The number of nitrogens with zero attached hydrogens (tertiary/aromatic N) is 3. The number of nitrogens with one attached hydrogen (secondary N) is 1. The molecule has 2 heterocycles. The van der Waals surface area contributed by atoms with Crippen molar-refractivity contribution in [1.82, 2.24) is 14.9 Å². The van der Waals surface area contributed by atoms with Crippen molar-refractivity contribution < 1.29 is 0 Å². The van der Waals surface area contributed by atoms with Gasteiger partial charge in [0, 0.05) is 12.6 Å². The fraction of sp³-hybridized carbons (Fsp3) is 0.692. The van der Waals surface area contributed by atoms with Crippen LogP contribution in [0.4, 0.5) is 11.5 Å². The van der Waals surface area contributed by atoms with Crippen LogP contribution in [-0.2, 0) is 0 Å². The van der Waals surface area contributed by atoms with Crippen molar-refractivity contribution >= 4 is 23.1 Å². The topological polar surface area (TPSA) is 67.1 Å². The van der Waals surface area contributed by atoms with E-state index in [1.54, 1.807) is 0 Å². The van der Waals surface area contributed by atoms with Gasteiger partial charge in [0.25, 0.3) is 0 Å². The number of rotatable bonds is 4. The van der Waals surface area contributed by atoms with E-state index in [9.17, 15) is 0 Å².